The summed E-state index contributed by atoms with van der Waals surface area (Å²) in [7, 11) is 3.02. The molecule has 0 saturated carbocycles. The maximum atomic E-state index is 13.8. The zero-order valence-electron chi connectivity index (χ0n) is 20.7. The summed E-state index contributed by atoms with van der Waals surface area (Å²) in [6.45, 7) is 3.79. The van der Waals surface area contributed by atoms with Crippen LogP contribution in [0.2, 0.25) is 0 Å². The fourth-order valence-electron chi connectivity index (χ4n) is 4.20. The van der Waals surface area contributed by atoms with Gasteiger partial charge in [0.05, 0.1) is 32.5 Å². The van der Waals surface area contributed by atoms with Gasteiger partial charge >= 0.3 is 0 Å². The summed E-state index contributed by atoms with van der Waals surface area (Å²) in [5.74, 6) is 0.739. The molecule has 1 atom stereocenters. The van der Waals surface area contributed by atoms with Crippen LogP contribution in [-0.2, 0) is 22.7 Å². The quantitative estimate of drug-likeness (QED) is 0.362. The van der Waals surface area contributed by atoms with Gasteiger partial charge in [-0.05, 0) is 44.2 Å². The Morgan fingerprint density at radius 1 is 1.06 bits per heavy atom. The van der Waals surface area contributed by atoms with Gasteiger partial charge in [0.25, 0.3) is 0 Å². The smallest absolute Gasteiger partial charge is 0.247 e. The molecule has 0 saturated heterocycles. The van der Waals surface area contributed by atoms with E-state index in [1.807, 2.05) is 38.1 Å². The second-order valence-electron chi connectivity index (χ2n) is 8.41. The third kappa shape index (κ3) is 5.02. The molecule has 1 unspecified atom stereocenters. The number of furan rings is 1. The Morgan fingerprint density at radius 2 is 1.86 bits per heavy atom. The molecule has 36 heavy (non-hydrogen) atoms. The highest BCUT2D eigenvalue weighted by Gasteiger charge is 2.36. The van der Waals surface area contributed by atoms with E-state index in [1.165, 1.54) is 30.1 Å². The Balaban J connectivity index is 1.73. The molecule has 2 amide bonds. The van der Waals surface area contributed by atoms with Gasteiger partial charge in [-0.2, -0.15) is 0 Å². The lowest BCUT2D eigenvalue weighted by Gasteiger charge is -2.35. The third-order valence-electron chi connectivity index (χ3n) is 5.82. The number of hydrogen-bond donors (Lipinski definition) is 1. The van der Waals surface area contributed by atoms with E-state index in [4.69, 9.17) is 13.9 Å². The van der Waals surface area contributed by atoms with Crippen LogP contribution in [0.1, 0.15) is 31.2 Å². The van der Waals surface area contributed by atoms with Gasteiger partial charge in [-0.1, -0.05) is 29.5 Å². The summed E-state index contributed by atoms with van der Waals surface area (Å²) < 4.78 is 18.0. The van der Waals surface area contributed by atoms with E-state index in [2.05, 4.69) is 15.6 Å². The van der Waals surface area contributed by atoms with E-state index in [0.717, 1.165) is 5.52 Å². The van der Waals surface area contributed by atoms with Crippen molar-refractivity contribution in [1.29, 1.82) is 0 Å². The van der Waals surface area contributed by atoms with Crippen LogP contribution in [0.5, 0.6) is 11.5 Å². The minimum atomic E-state index is -1.01. The largest absolute Gasteiger partial charge is 0.493 e. The lowest BCUT2D eigenvalue weighted by atomic mass is 10.0. The number of amides is 2. The van der Waals surface area contributed by atoms with Crippen molar-refractivity contribution in [2.45, 2.75) is 39.0 Å². The number of nitrogens with zero attached hydrogens (tertiary/aromatic N) is 4. The SMILES string of the molecule is COc1cccc(C(C(=O)NCc2ccco2)N(C(=O)Cn2nnc3ccccc32)C(C)C)c1OC. The zero-order valence-corrected chi connectivity index (χ0v) is 20.7. The van der Waals surface area contributed by atoms with Crippen molar-refractivity contribution < 1.29 is 23.5 Å². The van der Waals surface area contributed by atoms with Gasteiger partial charge in [0.15, 0.2) is 11.5 Å². The molecule has 4 rings (SSSR count). The number of para-hydroxylation sites is 2. The van der Waals surface area contributed by atoms with Crippen molar-refractivity contribution >= 4 is 22.8 Å². The Labute approximate surface area is 208 Å². The predicted octanol–water partition coefficient (Wildman–Crippen LogP) is 3.34. The van der Waals surface area contributed by atoms with Gasteiger partial charge in [0.1, 0.15) is 23.9 Å². The monoisotopic (exact) mass is 491 g/mol. The van der Waals surface area contributed by atoms with Crippen molar-refractivity contribution in [2.75, 3.05) is 14.2 Å². The highest BCUT2D eigenvalue weighted by Crippen LogP contribution is 2.38. The number of benzene rings is 2. The van der Waals surface area contributed by atoms with Gasteiger partial charge in [-0.3, -0.25) is 9.59 Å². The lowest BCUT2D eigenvalue weighted by Crippen LogP contribution is -2.48. The number of methoxy groups -OCH3 is 2. The topological polar surface area (TPSA) is 112 Å². The molecule has 1 N–H and O–H groups in total. The summed E-state index contributed by atoms with van der Waals surface area (Å²) in [4.78, 5) is 29.0. The number of nitrogens with one attached hydrogen (secondary N) is 1. The maximum Gasteiger partial charge on any atom is 0.247 e. The number of hydrogen-bond acceptors (Lipinski definition) is 7. The molecule has 0 aliphatic rings. The molecule has 4 aromatic rings. The molecule has 0 bridgehead atoms. The summed E-state index contributed by atoms with van der Waals surface area (Å²) in [6, 6.07) is 14.8. The highest BCUT2D eigenvalue weighted by atomic mass is 16.5. The molecule has 0 radical (unpaired) electrons. The van der Waals surface area contributed by atoms with Gasteiger partial charge in [-0.15, -0.1) is 5.10 Å². The molecule has 2 aromatic carbocycles. The molecule has 0 aliphatic heterocycles. The van der Waals surface area contributed by atoms with Crippen molar-refractivity contribution in [1.82, 2.24) is 25.2 Å². The number of ether oxygens (including phenoxy) is 2. The number of rotatable bonds is 10. The van der Waals surface area contributed by atoms with Crippen LogP contribution in [0.4, 0.5) is 0 Å². The average Bonchev–Trinajstić information content (AvgIpc) is 3.55. The van der Waals surface area contributed by atoms with E-state index in [1.54, 1.807) is 30.3 Å². The number of carbonyl (C=O) groups excluding carboxylic acids is 2. The first-order valence-electron chi connectivity index (χ1n) is 11.5. The van der Waals surface area contributed by atoms with Crippen molar-refractivity contribution in [3.8, 4) is 11.5 Å². The standard InChI is InChI=1S/C26H29N5O5/c1-17(2)31(23(32)16-30-21-12-6-5-11-20(21)28-29-30)24(26(33)27-15-18-9-8-14-36-18)19-10-7-13-22(34-3)25(19)35-4/h5-14,17,24H,15-16H2,1-4H3,(H,27,33). The molecule has 0 spiro atoms. The Bertz CT molecular complexity index is 1330. The van der Waals surface area contributed by atoms with Gasteiger partial charge in [-0.25, -0.2) is 4.68 Å². The molecule has 10 nitrogen and oxygen atoms in total. The van der Waals surface area contributed by atoms with Crippen LogP contribution in [0.25, 0.3) is 11.0 Å². The van der Waals surface area contributed by atoms with E-state index < -0.39 is 6.04 Å². The van der Waals surface area contributed by atoms with Crippen molar-refractivity contribution in [2.24, 2.45) is 0 Å². The fraction of sp³-hybridized carbons (Fsp3) is 0.308. The molecule has 188 valence electrons. The number of aromatic nitrogens is 3. The lowest BCUT2D eigenvalue weighted by molar-refractivity contribution is -0.143. The fourth-order valence-corrected chi connectivity index (χ4v) is 4.20. The highest BCUT2D eigenvalue weighted by molar-refractivity contribution is 5.90. The molecule has 0 fully saturated rings. The van der Waals surface area contributed by atoms with E-state index in [-0.39, 0.29) is 30.9 Å². The molecule has 2 heterocycles. The van der Waals surface area contributed by atoms with Crippen LogP contribution in [0, 0.1) is 0 Å². The Morgan fingerprint density at radius 3 is 2.56 bits per heavy atom. The summed E-state index contributed by atoms with van der Waals surface area (Å²) >= 11 is 0. The molecular formula is C26H29N5O5. The first kappa shape index (κ1) is 24.8. The summed E-state index contributed by atoms with van der Waals surface area (Å²) in [5.41, 5.74) is 1.91. The van der Waals surface area contributed by atoms with Gasteiger partial charge < -0.3 is 24.1 Å². The van der Waals surface area contributed by atoms with E-state index >= 15 is 0 Å². The molecule has 10 heteroatoms. The van der Waals surface area contributed by atoms with E-state index in [0.29, 0.717) is 28.3 Å². The van der Waals surface area contributed by atoms with Crippen LogP contribution >= 0.6 is 0 Å². The average molecular weight is 492 g/mol. The third-order valence-corrected chi connectivity index (χ3v) is 5.82. The maximum absolute atomic E-state index is 13.8. The number of fused-ring (bicyclic) bond motifs is 1. The predicted molar refractivity (Wildman–Crippen MR) is 132 cm³/mol. The summed E-state index contributed by atoms with van der Waals surface area (Å²) in [6.07, 6.45) is 1.54. The van der Waals surface area contributed by atoms with Gasteiger partial charge in [0.2, 0.25) is 11.8 Å². The first-order chi connectivity index (χ1) is 17.4. The normalized spacial score (nSPS) is 11.9. The second-order valence-corrected chi connectivity index (χ2v) is 8.41. The van der Waals surface area contributed by atoms with Crippen molar-refractivity contribution in [3.05, 3.63) is 72.2 Å². The number of carbonyl (C=O) groups is 2. The van der Waals surface area contributed by atoms with Crippen LogP contribution in [-0.4, -0.2) is 52.0 Å². The first-order valence-corrected chi connectivity index (χ1v) is 11.5. The van der Waals surface area contributed by atoms with Gasteiger partial charge in [0, 0.05) is 11.6 Å². The second kappa shape index (κ2) is 10.9. The Hall–Kier alpha value is -4.34. The summed E-state index contributed by atoms with van der Waals surface area (Å²) in [5, 5.41) is 11.2. The zero-order chi connectivity index (χ0) is 25.7. The van der Waals surface area contributed by atoms with Crippen LogP contribution < -0.4 is 14.8 Å². The molecular weight excluding hydrogens is 462 g/mol. The van der Waals surface area contributed by atoms with Crippen LogP contribution in [0.3, 0.4) is 0 Å². The Kier molecular flexibility index (Phi) is 7.53. The molecule has 2 aromatic heterocycles. The minimum Gasteiger partial charge on any atom is -0.493 e. The van der Waals surface area contributed by atoms with E-state index in [9.17, 15) is 9.59 Å². The van der Waals surface area contributed by atoms with Crippen LogP contribution in [0.15, 0.2) is 65.3 Å². The van der Waals surface area contributed by atoms with Crippen molar-refractivity contribution in [3.63, 3.8) is 0 Å². The molecule has 0 aliphatic carbocycles. The minimum absolute atomic E-state index is 0.0903.